The highest BCUT2D eigenvalue weighted by Crippen LogP contribution is 2.33. The van der Waals surface area contributed by atoms with Crippen molar-refractivity contribution in [3.8, 4) is 0 Å². The van der Waals surface area contributed by atoms with Crippen LogP contribution in [0.15, 0.2) is 18.2 Å². The number of likely N-dealkylation sites (N-methyl/N-ethyl adjacent to an activating group) is 1. The molecular formula is C15H23N3O2. The fraction of sp³-hybridized carbons (Fsp3) is 0.533. The zero-order chi connectivity index (χ0) is 14.5. The van der Waals surface area contributed by atoms with Crippen LogP contribution in [0.25, 0.3) is 0 Å². The lowest BCUT2D eigenvalue weighted by Gasteiger charge is -2.19. The molecule has 1 atom stereocenters. The lowest BCUT2D eigenvalue weighted by atomic mass is 10.1. The Morgan fingerprint density at radius 1 is 1.45 bits per heavy atom. The standard InChI is InChI=1S/C15H23N3O2/c1-4-7-16-14-12-6-5-11(18(2)8-9-20-3)10-13(12)17-15(14)19/h5-6,10,14,16H,4,7-9H2,1-3H3,(H,17,19). The number of anilines is 2. The number of amides is 1. The van der Waals surface area contributed by atoms with Gasteiger partial charge in [0.05, 0.1) is 6.61 Å². The number of nitrogens with one attached hydrogen (secondary N) is 2. The maximum Gasteiger partial charge on any atom is 0.246 e. The zero-order valence-corrected chi connectivity index (χ0v) is 12.4. The second-order valence-electron chi connectivity index (χ2n) is 5.06. The van der Waals surface area contributed by atoms with E-state index in [0.29, 0.717) is 6.61 Å². The minimum Gasteiger partial charge on any atom is -0.383 e. The highest BCUT2D eigenvalue weighted by Gasteiger charge is 2.30. The maximum absolute atomic E-state index is 12.0. The maximum atomic E-state index is 12.0. The van der Waals surface area contributed by atoms with E-state index in [9.17, 15) is 4.79 Å². The molecule has 2 rings (SSSR count). The van der Waals surface area contributed by atoms with Gasteiger partial charge in [-0.2, -0.15) is 0 Å². The summed E-state index contributed by atoms with van der Waals surface area (Å²) in [5.41, 5.74) is 3.02. The molecule has 0 bridgehead atoms. The molecule has 1 aliphatic rings. The van der Waals surface area contributed by atoms with Gasteiger partial charge in [0.15, 0.2) is 0 Å². The lowest BCUT2D eigenvalue weighted by molar-refractivity contribution is -0.117. The smallest absolute Gasteiger partial charge is 0.246 e. The van der Waals surface area contributed by atoms with E-state index < -0.39 is 0 Å². The Morgan fingerprint density at radius 2 is 2.25 bits per heavy atom. The summed E-state index contributed by atoms with van der Waals surface area (Å²) in [6.07, 6.45) is 1.01. The Morgan fingerprint density at radius 3 is 2.95 bits per heavy atom. The summed E-state index contributed by atoms with van der Waals surface area (Å²) < 4.78 is 5.08. The van der Waals surface area contributed by atoms with Gasteiger partial charge in [0.2, 0.25) is 5.91 Å². The molecule has 1 unspecified atom stereocenters. The number of fused-ring (bicyclic) bond motifs is 1. The quantitative estimate of drug-likeness (QED) is 0.797. The molecule has 0 aliphatic carbocycles. The molecule has 2 N–H and O–H groups in total. The summed E-state index contributed by atoms with van der Waals surface area (Å²) in [6.45, 7) is 4.43. The number of carbonyl (C=O) groups is 1. The minimum atomic E-state index is -0.219. The Balaban J connectivity index is 2.13. The Bertz CT molecular complexity index is 476. The molecule has 1 aromatic rings. The Hall–Kier alpha value is -1.59. The Labute approximate surface area is 120 Å². The second-order valence-corrected chi connectivity index (χ2v) is 5.06. The second kappa shape index (κ2) is 6.72. The van der Waals surface area contributed by atoms with Crippen LogP contribution in [0.3, 0.4) is 0 Å². The highest BCUT2D eigenvalue weighted by atomic mass is 16.5. The van der Waals surface area contributed by atoms with E-state index in [1.807, 2.05) is 19.2 Å². The van der Waals surface area contributed by atoms with Crippen molar-refractivity contribution in [2.24, 2.45) is 0 Å². The molecule has 1 aromatic carbocycles. The first-order valence-corrected chi connectivity index (χ1v) is 7.05. The number of carbonyl (C=O) groups excluding carboxylic acids is 1. The van der Waals surface area contributed by atoms with Crippen LogP contribution in [0, 0.1) is 0 Å². The third kappa shape index (κ3) is 3.11. The number of rotatable bonds is 7. The van der Waals surface area contributed by atoms with E-state index in [1.165, 1.54) is 0 Å². The molecular weight excluding hydrogens is 254 g/mol. The fourth-order valence-corrected chi connectivity index (χ4v) is 2.34. The number of ether oxygens (including phenoxy) is 1. The van der Waals surface area contributed by atoms with Gasteiger partial charge < -0.3 is 20.3 Å². The molecule has 1 amide bonds. The number of hydrogen-bond acceptors (Lipinski definition) is 4. The van der Waals surface area contributed by atoms with Crippen molar-refractivity contribution >= 4 is 17.3 Å². The molecule has 1 heterocycles. The average Bonchev–Trinajstić information content (AvgIpc) is 2.77. The molecule has 0 radical (unpaired) electrons. The van der Waals surface area contributed by atoms with Gasteiger partial charge in [0.1, 0.15) is 6.04 Å². The van der Waals surface area contributed by atoms with Gasteiger partial charge in [-0.1, -0.05) is 13.0 Å². The molecule has 0 saturated heterocycles. The Kier molecular flexibility index (Phi) is 4.98. The van der Waals surface area contributed by atoms with E-state index in [1.54, 1.807) is 7.11 Å². The normalized spacial score (nSPS) is 16.9. The van der Waals surface area contributed by atoms with E-state index >= 15 is 0 Å². The van der Waals surface area contributed by atoms with Crippen molar-refractivity contribution in [2.45, 2.75) is 19.4 Å². The van der Waals surface area contributed by atoms with E-state index in [4.69, 9.17) is 4.74 Å². The first-order valence-electron chi connectivity index (χ1n) is 7.05. The monoisotopic (exact) mass is 277 g/mol. The average molecular weight is 277 g/mol. The lowest BCUT2D eigenvalue weighted by Crippen LogP contribution is -2.27. The number of nitrogens with zero attached hydrogens (tertiary/aromatic N) is 1. The van der Waals surface area contributed by atoms with Gasteiger partial charge in [-0.3, -0.25) is 4.79 Å². The molecule has 1 aliphatic heterocycles. The van der Waals surface area contributed by atoms with E-state index in [2.05, 4.69) is 28.5 Å². The van der Waals surface area contributed by atoms with Crippen LogP contribution in [-0.2, 0) is 9.53 Å². The zero-order valence-electron chi connectivity index (χ0n) is 12.4. The van der Waals surface area contributed by atoms with Crippen LogP contribution in [0.4, 0.5) is 11.4 Å². The number of hydrogen-bond donors (Lipinski definition) is 2. The van der Waals surface area contributed by atoms with Crippen LogP contribution < -0.4 is 15.5 Å². The summed E-state index contributed by atoms with van der Waals surface area (Å²) in [6, 6.07) is 5.88. The number of methoxy groups -OCH3 is 1. The number of benzene rings is 1. The van der Waals surface area contributed by atoms with Gasteiger partial charge in [-0.05, 0) is 25.1 Å². The van der Waals surface area contributed by atoms with Crippen molar-refractivity contribution in [2.75, 3.05) is 44.1 Å². The van der Waals surface area contributed by atoms with Gasteiger partial charge >= 0.3 is 0 Å². The van der Waals surface area contributed by atoms with Gasteiger partial charge in [-0.25, -0.2) is 0 Å². The summed E-state index contributed by atoms with van der Waals surface area (Å²) in [7, 11) is 3.71. The molecule has 0 aromatic heterocycles. The molecule has 5 heteroatoms. The third-order valence-electron chi connectivity index (χ3n) is 3.54. The minimum absolute atomic E-state index is 0.0325. The first kappa shape index (κ1) is 14.8. The summed E-state index contributed by atoms with van der Waals surface area (Å²) >= 11 is 0. The van der Waals surface area contributed by atoms with Crippen LogP contribution in [0.5, 0.6) is 0 Å². The predicted molar refractivity (Wildman–Crippen MR) is 81.3 cm³/mol. The van der Waals surface area contributed by atoms with E-state index in [-0.39, 0.29) is 11.9 Å². The van der Waals surface area contributed by atoms with Crippen molar-refractivity contribution in [3.05, 3.63) is 23.8 Å². The third-order valence-corrected chi connectivity index (χ3v) is 3.54. The summed E-state index contributed by atoms with van der Waals surface area (Å²) in [4.78, 5) is 14.1. The fourth-order valence-electron chi connectivity index (χ4n) is 2.34. The molecule has 20 heavy (non-hydrogen) atoms. The van der Waals surface area contributed by atoms with Crippen LogP contribution >= 0.6 is 0 Å². The van der Waals surface area contributed by atoms with Crippen LogP contribution in [0.2, 0.25) is 0 Å². The highest BCUT2D eigenvalue weighted by molar-refractivity contribution is 6.03. The largest absolute Gasteiger partial charge is 0.383 e. The van der Waals surface area contributed by atoms with Gasteiger partial charge in [0.25, 0.3) is 0 Å². The van der Waals surface area contributed by atoms with Crippen molar-refractivity contribution in [3.63, 3.8) is 0 Å². The van der Waals surface area contributed by atoms with Gasteiger partial charge in [-0.15, -0.1) is 0 Å². The molecule has 110 valence electrons. The summed E-state index contributed by atoms with van der Waals surface area (Å²) in [5.74, 6) is 0.0325. The van der Waals surface area contributed by atoms with E-state index in [0.717, 1.165) is 36.4 Å². The summed E-state index contributed by atoms with van der Waals surface area (Å²) in [5, 5.41) is 6.22. The van der Waals surface area contributed by atoms with Gasteiger partial charge in [0, 0.05) is 37.6 Å². The van der Waals surface area contributed by atoms with Crippen molar-refractivity contribution < 1.29 is 9.53 Å². The van der Waals surface area contributed by atoms with Crippen LogP contribution in [0.1, 0.15) is 24.9 Å². The SMILES string of the molecule is CCCNC1C(=O)Nc2cc(N(C)CCOC)ccc21. The van der Waals surface area contributed by atoms with Crippen LogP contribution in [-0.4, -0.2) is 39.8 Å². The molecule has 5 nitrogen and oxygen atoms in total. The molecule has 0 saturated carbocycles. The van der Waals surface area contributed by atoms with Crippen molar-refractivity contribution in [1.82, 2.24) is 5.32 Å². The van der Waals surface area contributed by atoms with Crippen molar-refractivity contribution in [1.29, 1.82) is 0 Å². The molecule has 0 fully saturated rings. The topological polar surface area (TPSA) is 53.6 Å². The molecule has 0 spiro atoms. The predicted octanol–water partition coefficient (Wildman–Crippen LogP) is 1.76. The first-order chi connectivity index (χ1) is 9.67.